The summed E-state index contributed by atoms with van der Waals surface area (Å²) in [6.07, 6.45) is 0.395. The Morgan fingerprint density at radius 3 is 2.75 bits per heavy atom. The van der Waals surface area contributed by atoms with Crippen LogP contribution in [0.4, 0.5) is 11.4 Å². The number of hydrogen-bond acceptors (Lipinski definition) is 8. The van der Waals surface area contributed by atoms with Crippen LogP contribution in [-0.2, 0) is 20.8 Å². The number of nitrogens with one attached hydrogen (secondary N) is 2. The van der Waals surface area contributed by atoms with E-state index in [2.05, 4.69) is 10.6 Å². The van der Waals surface area contributed by atoms with Crippen LogP contribution in [0.2, 0.25) is 0 Å². The number of methoxy groups -OCH3 is 1. The van der Waals surface area contributed by atoms with Crippen LogP contribution in [0.1, 0.15) is 23.0 Å². The Morgan fingerprint density at radius 1 is 1.32 bits per heavy atom. The van der Waals surface area contributed by atoms with E-state index in [4.69, 9.17) is 13.9 Å². The third-order valence-corrected chi connectivity index (χ3v) is 3.72. The summed E-state index contributed by atoms with van der Waals surface area (Å²) in [5.74, 6) is -0.802. The number of amides is 1. The fraction of sp³-hybridized carbons (Fsp3) is 0.333. The number of benzene rings is 1. The number of furan rings is 1. The van der Waals surface area contributed by atoms with Crippen molar-refractivity contribution in [3.8, 4) is 0 Å². The fourth-order valence-electron chi connectivity index (χ4n) is 2.26. The first-order chi connectivity index (χ1) is 13.4. The molecule has 1 heterocycles. The van der Waals surface area contributed by atoms with Crippen molar-refractivity contribution in [3.05, 3.63) is 58.0 Å². The van der Waals surface area contributed by atoms with E-state index in [1.807, 2.05) is 0 Å². The van der Waals surface area contributed by atoms with Crippen molar-refractivity contribution in [1.29, 1.82) is 0 Å². The molecule has 1 aromatic carbocycles. The highest BCUT2D eigenvalue weighted by atomic mass is 16.6. The molecule has 0 aliphatic rings. The summed E-state index contributed by atoms with van der Waals surface area (Å²) in [5.41, 5.74) is -0.0574. The van der Waals surface area contributed by atoms with Crippen LogP contribution >= 0.6 is 0 Å². The molecule has 1 aromatic heterocycles. The number of rotatable bonds is 10. The zero-order chi connectivity index (χ0) is 20.5. The van der Waals surface area contributed by atoms with Crippen molar-refractivity contribution in [2.45, 2.75) is 19.6 Å². The first-order valence-corrected chi connectivity index (χ1v) is 8.44. The maximum atomic E-state index is 12.3. The minimum atomic E-state index is -1.08. The third-order valence-electron chi connectivity index (χ3n) is 3.72. The predicted molar refractivity (Wildman–Crippen MR) is 98.9 cm³/mol. The summed E-state index contributed by atoms with van der Waals surface area (Å²) in [6.45, 7) is 2.30. The van der Waals surface area contributed by atoms with Crippen molar-refractivity contribution in [3.63, 3.8) is 0 Å². The molecule has 0 saturated heterocycles. The van der Waals surface area contributed by atoms with Crippen molar-refractivity contribution in [2.75, 3.05) is 25.6 Å². The Kier molecular flexibility index (Phi) is 7.52. The first kappa shape index (κ1) is 20.9. The van der Waals surface area contributed by atoms with Crippen LogP contribution in [0.25, 0.3) is 0 Å². The zero-order valence-corrected chi connectivity index (χ0v) is 15.5. The predicted octanol–water partition coefficient (Wildman–Crippen LogP) is 2.11. The molecule has 0 saturated carbocycles. The van der Waals surface area contributed by atoms with Gasteiger partial charge in [-0.1, -0.05) is 0 Å². The number of nitrogens with zero attached hydrogens (tertiary/aromatic N) is 1. The van der Waals surface area contributed by atoms with Crippen LogP contribution in [0, 0.1) is 10.1 Å². The van der Waals surface area contributed by atoms with Gasteiger partial charge in [-0.3, -0.25) is 14.9 Å². The molecular weight excluding hydrogens is 370 g/mol. The van der Waals surface area contributed by atoms with Gasteiger partial charge >= 0.3 is 5.97 Å². The average Bonchev–Trinajstić information content (AvgIpc) is 3.19. The lowest BCUT2D eigenvalue weighted by Crippen LogP contribution is -2.35. The summed E-state index contributed by atoms with van der Waals surface area (Å²) >= 11 is 0. The monoisotopic (exact) mass is 391 g/mol. The van der Waals surface area contributed by atoms with Gasteiger partial charge in [-0.25, -0.2) is 4.79 Å². The number of anilines is 1. The van der Waals surface area contributed by atoms with Crippen molar-refractivity contribution < 1.29 is 28.4 Å². The Balaban J connectivity index is 1.99. The molecule has 150 valence electrons. The van der Waals surface area contributed by atoms with E-state index in [1.54, 1.807) is 12.1 Å². The molecule has 0 fully saturated rings. The van der Waals surface area contributed by atoms with Gasteiger partial charge in [0.1, 0.15) is 11.4 Å². The molecule has 0 radical (unpaired) electrons. The second kappa shape index (κ2) is 10.1. The van der Waals surface area contributed by atoms with E-state index in [0.717, 1.165) is 6.07 Å². The number of nitro benzene ring substituents is 1. The maximum Gasteiger partial charge on any atom is 0.339 e. The molecule has 10 nitrogen and oxygen atoms in total. The summed E-state index contributed by atoms with van der Waals surface area (Å²) in [6, 6.07) is 7.28. The molecule has 0 bridgehead atoms. The van der Waals surface area contributed by atoms with E-state index >= 15 is 0 Å². The van der Waals surface area contributed by atoms with Crippen molar-refractivity contribution in [2.24, 2.45) is 0 Å². The van der Waals surface area contributed by atoms with E-state index in [0.29, 0.717) is 18.9 Å². The van der Waals surface area contributed by atoms with Gasteiger partial charge in [0.05, 0.1) is 29.9 Å². The Hall–Kier alpha value is -3.40. The van der Waals surface area contributed by atoms with Gasteiger partial charge in [0, 0.05) is 19.7 Å². The summed E-state index contributed by atoms with van der Waals surface area (Å²) in [5, 5.41) is 16.7. The van der Waals surface area contributed by atoms with E-state index in [9.17, 15) is 19.7 Å². The molecule has 10 heteroatoms. The molecule has 28 heavy (non-hydrogen) atoms. The number of nitro groups is 1. The maximum absolute atomic E-state index is 12.3. The van der Waals surface area contributed by atoms with Gasteiger partial charge < -0.3 is 24.5 Å². The lowest BCUT2D eigenvalue weighted by atomic mass is 10.1. The van der Waals surface area contributed by atoms with E-state index < -0.39 is 22.9 Å². The quantitative estimate of drug-likeness (QED) is 0.272. The Labute approximate surface area is 161 Å². The van der Waals surface area contributed by atoms with Gasteiger partial charge in [-0.2, -0.15) is 0 Å². The van der Waals surface area contributed by atoms with Crippen LogP contribution in [0.5, 0.6) is 0 Å². The number of ether oxygens (including phenoxy) is 2. The molecular formula is C18H21N3O7. The fourth-order valence-corrected chi connectivity index (χ4v) is 2.26. The highest BCUT2D eigenvalue weighted by Crippen LogP contribution is 2.26. The smallest absolute Gasteiger partial charge is 0.339 e. The molecule has 0 aliphatic heterocycles. The van der Waals surface area contributed by atoms with Crippen LogP contribution < -0.4 is 10.6 Å². The molecule has 2 N–H and O–H groups in total. The number of carbonyl (C=O) groups excluding carboxylic acids is 2. The first-order valence-electron chi connectivity index (χ1n) is 8.44. The second-order valence-corrected chi connectivity index (χ2v) is 5.75. The van der Waals surface area contributed by atoms with Crippen molar-refractivity contribution >= 4 is 23.3 Å². The lowest BCUT2D eigenvalue weighted by molar-refractivity contribution is -0.384. The van der Waals surface area contributed by atoms with Gasteiger partial charge in [-0.15, -0.1) is 0 Å². The van der Waals surface area contributed by atoms with Gasteiger partial charge in [0.2, 0.25) is 0 Å². The largest absolute Gasteiger partial charge is 0.467 e. The number of carbonyl (C=O) groups is 2. The third kappa shape index (κ3) is 5.81. The summed E-state index contributed by atoms with van der Waals surface area (Å²) in [7, 11) is 1.52. The SMILES string of the molecule is COCCNc1ccc(C(=O)O[C@H](C)C(=O)NCc2ccco2)cc1[N+](=O)[O-]. The minimum Gasteiger partial charge on any atom is -0.467 e. The average molecular weight is 391 g/mol. The molecule has 1 amide bonds. The van der Waals surface area contributed by atoms with Gasteiger partial charge in [0.25, 0.3) is 11.6 Å². The molecule has 0 spiro atoms. The van der Waals surface area contributed by atoms with Gasteiger partial charge in [0.15, 0.2) is 6.10 Å². The number of esters is 1. The highest BCUT2D eigenvalue weighted by molar-refractivity contribution is 5.93. The second-order valence-electron chi connectivity index (χ2n) is 5.75. The van der Waals surface area contributed by atoms with Gasteiger partial charge in [-0.05, 0) is 31.2 Å². The molecule has 2 aromatic rings. The lowest BCUT2D eigenvalue weighted by Gasteiger charge is -2.13. The topological polar surface area (TPSA) is 133 Å². The molecule has 0 aliphatic carbocycles. The molecule has 0 unspecified atom stereocenters. The van der Waals surface area contributed by atoms with E-state index in [-0.39, 0.29) is 23.5 Å². The van der Waals surface area contributed by atoms with Crippen LogP contribution in [0.3, 0.4) is 0 Å². The summed E-state index contributed by atoms with van der Waals surface area (Å²) in [4.78, 5) is 34.9. The standard InChI is InChI=1S/C18H21N3O7/c1-12(17(22)20-11-14-4-3-8-27-14)28-18(23)13-5-6-15(19-7-9-26-2)16(10-13)21(24)25/h3-6,8,10,12,19H,7,9,11H2,1-2H3,(H,20,22)/t12-/m1/s1. The summed E-state index contributed by atoms with van der Waals surface area (Å²) < 4.78 is 15.1. The van der Waals surface area contributed by atoms with E-state index in [1.165, 1.54) is 32.4 Å². The Bertz CT molecular complexity index is 821. The number of hydrogen-bond donors (Lipinski definition) is 2. The van der Waals surface area contributed by atoms with Crippen LogP contribution in [-0.4, -0.2) is 43.2 Å². The van der Waals surface area contributed by atoms with Crippen molar-refractivity contribution in [1.82, 2.24) is 5.32 Å². The molecule has 1 atom stereocenters. The molecule has 2 rings (SSSR count). The highest BCUT2D eigenvalue weighted by Gasteiger charge is 2.22. The normalized spacial score (nSPS) is 11.5. The minimum absolute atomic E-state index is 0.0327. The zero-order valence-electron chi connectivity index (χ0n) is 15.5. The Morgan fingerprint density at radius 2 is 2.11 bits per heavy atom. The van der Waals surface area contributed by atoms with Crippen LogP contribution in [0.15, 0.2) is 41.0 Å².